The number of nitrogens with zero attached hydrogens (tertiary/aromatic N) is 3. The fourth-order valence-electron chi connectivity index (χ4n) is 2.75. The van der Waals surface area contributed by atoms with Crippen molar-refractivity contribution in [2.45, 2.75) is 40.2 Å². The zero-order valence-electron chi connectivity index (χ0n) is 12.0. The second kappa shape index (κ2) is 5.23. The summed E-state index contributed by atoms with van der Waals surface area (Å²) in [5, 5.41) is 9.37. The predicted molar refractivity (Wildman–Crippen MR) is 74.3 cm³/mol. The van der Waals surface area contributed by atoms with Gasteiger partial charge in [-0.25, -0.2) is 4.98 Å². The summed E-state index contributed by atoms with van der Waals surface area (Å²) in [5.74, 6) is 0.423. The van der Waals surface area contributed by atoms with E-state index in [2.05, 4.69) is 21.4 Å². The van der Waals surface area contributed by atoms with E-state index in [4.69, 9.17) is 0 Å². The normalized spacial score (nSPS) is 20.6. The summed E-state index contributed by atoms with van der Waals surface area (Å²) >= 11 is 0. The predicted octanol–water partition coefficient (Wildman–Crippen LogP) is 2.23. The number of carbonyl (C=O) groups is 1. The summed E-state index contributed by atoms with van der Waals surface area (Å²) in [5.41, 5.74) is -0.678. The van der Waals surface area contributed by atoms with Crippen molar-refractivity contribution in [2.75, 3.05) is 18.0 Å². The second-order valence-corrected chi connectivity index (χ2v) is 5.83. The maximum atomic E-state index is 11.4. The number of rotatable bonds is 4. The van der Waals surface area contributed by atoms with Crippen molar-refractivity contribution in [3.05, 3.63) is 12.4 Å². The molecule has 1 atom stereocenters. The molecule has 1 saturated heterocycles. The van der Waals surface area contributed by atoms with Gasteiger partial charge in [0.15, 0.2) is 0 Å². The van der Waals surface area contributed by atoms with E-state index < -0.39 is 11.4 Å². The molecule has 0 aliphatic carbocycles. The Bertz CT molecular complexity index is 453. The van der Waals surface area contributed by atoms with E-state index >= 15 is 0 Å². The Hall–Kier alpha value is -1.52. The minimum Gasteiger partial charge on any atom is -0.481 e. The van der Waals surface area contributed by atoms with Gasteiger partial charge in [-0.1, -0.05) is 0 Å². The van der Waals surface area contributed by atoms with Gasteiger partial charge >= 0.3 is 5.97 Å². The first-order valence-corrected chi connectivity index (χ1v) is 6.96. The quantitative estimate of drug-likeness (QED) is 0.907. The summed E-state index contributed by atoms with van der Waals surface area (Å²) in [6.07, 6.45) is 5.78. The van der Waals surface area contributed by atoms with Crippen LogP contribution in [0.1, 0.15) is 33.6 Å². The number of carboxylic acids is 1. The summed E-state index contributed by atoms with van der Waals surface area (Å²) in [7, 11) is 0. The Labute approximate surface area is 114 Å². The molecule has 1 unspecified atom stereocenters. The van der Waals surface area contributed by atoms with Crippen LogP contribution in [0, 0.1) is 11.3 Å². The molecule has 0 spiro atoms. The van der Waals surface area contributed by atoms with E-state index in [-0.39, 0.29) is 5.92 Å². The number of anilines is 1. The lowest BCUT2D eigenvalue weighted by Gasteiger charge is -2.39. The second-order valence-electron chi connectivity index (χ2n) is 5.83. The van der Waals surface area contributed by atoms with Crippen molar-refractivity contribution in [3.63, 3.8) is 0 Å². The molecule has 1 aromatic rings. The number of hydrogen-bond donors (Lipinski definition) is 1. The van der Waals surface area contributed by atoms with Crippen LogP contribution in [0.2, 0.25) is 0 Å². The van der Waals surface area contributed by atoms with Crippen LogP contribution < -0.4 is 4.90 Å². The largest absolute Gasteiger partial charge is 0.481 e. The van der Waals surface area contributed by atoms with Gasteiger partial charge in [0.1, 0.15) is 0 Å². The molecule has 1 aliphatic rings. The van der Waals surface area contributed by atoms with Crippen LogP contribution in [-0.4, -0.2) is 33.7 Å². The molecule has 5 heteroatoms. The van der Waals surface area contributed by atoms with Crippen LogP contribution in [0.5, 0.6) is 0 Å². The standard InChI is InChI=1S/C14H23N3O2/c1-4-16-9-7-15-13(16)17-8-5-6-11(10-17)14(2,3)12(18)19/h7,9,11H,4-6,8,10H2,1-3H3,(H,18,19). The fourth-order valence-corrected chi connectivity index (χ4v) is 2.75. The van der Waals surface area contributed by atoms with E-state index in [1.165, 1.54) is 0 Å². The average molecular weight is 265 g/mol. The van der Waals surface area contributed by atoms with Crippen molar-refractivity contribution in [3.8, 4) is 0 Å². The molecule has 0 saturated carbocycles. The van der Waals surface area contributed by atoms with Gasteiger partial charge in [-0.3, -0.25) is 4.79 Å². The molecule has 19 heavy (non-hydrogen) atoms. The molecule has 0 bridgehead atoms. The topological polar surface area (TPSA) is 58.4 Å². The molecule has 0 aromatic carbocycles. The highest BCUT2D eigenvalue weighted by Gasteiger charge is 2.39. The van der Waals surface area contributed by atoms with Gasteiger partial charge in [-0.15, -0.1) is 0 Å². The zero-order chi connectivity index (χ0) is 14.0. The highest BCUT2D eigenvalue weighted by Crippen LogP contribution is 2.35. The van der Waals surface area contributed by atoms with Gasteiger partial charge in [0.05, 0.1) is 5.41 Å². The van der Waals surface area contributed by atoms with E-state index in [0.717, 1.165) is 38.4 Å². The van der Waals surface area contributed by atoms with Crippen molar-refractivity contribution in [2.24, 2.45) is 11.3 Å². The number of imidazole rings is 1. The molecule has 2 rings (SSSR count). The molecule has 5 nitrogen and oxygen atoms in total. The molecule has 1 aromatic heterocycles. The molecule has 1 fully saturated rings. The lowest BCUT2D eigenvalue weighted by Crippen LogP contribution is -2.45. The minimum absolute atomic E-state index is 0.167. The highest BCUT2D eigenvalue weighted by molar-refractivity contribution is 5.74. The zero-order valence-corrected chi connectivity index (χ0v) is 12.0. The highest BCUT2D eigenvalue weighted by atomic mass is 16.4. The third-order valence-electron chi connectivity index (χ3n) is 4.31. The van der Waals surface area contributed by atoms with E-state index in [1.54, 1.807) is 0 Å². The molecule has 2 heterocycles. The maximum absolute atomic E-state index is 11.4. The van der Waals surface area contributed by atoms with Crippen LogP contribution in [0.3, 0.4) is 0 Å². The fraction of sp³-hybridized carbons (Fsp3) is 0.714. The molecule has 1 aliphatic heterocycles. The van der Waals surface area contributed by atoms with Gasteiger partial charge in [0.2, 0.25) is 5.95 Å². The Morgan fingerprint density at radius 2 is 2.32 bits per heavy atom. The Kier molecular flexibility index (Phi) is 3.83. The molecule has 1 N–H and O–H groups in total. The van der Waals surface area contributed by atoms with Gasteiger partial charge in [-0.2, -0.15) is 0 Å². The molecule has 0 radical (unpaired) electrons. The minimum atomic E-state index is -0.710. The third-order valence-corrected chi connectivity index (χ3v) is 4.31. The first-order chi connectivity index (χ1) is 8.96. The van der Waals surface area contributed by atoms with Crippen LogP contribution in [0.25, 0.3) is 0 Å². The third kappa shape index (κ3) is 2.60. The van der Waals surface area contributed by atoms with Gasteiger partial charge in [0, 0.05) is 32.0 Å². The van der Waals surface area contributed by atoms with E-state index in [0.29, 0.717) is 0 Å². The van der Waals surface area contributed by atoms with Crippen molar-refractivity contribution in [1.29, 1.82) is 0 Å². The van der Waals surface area contributed by atoms with Crippen LogP contribution >= 0.6 is 0 Å². The van der Waals surface area contributed by atoms with Crippen molar-refractivity contribution in [1.82, 2.24) is 9.55 Å². The van der Waals surface area contributed by atoms with E-state index in [9.17, 15) is 9.90 Å². The Balaban J connectivity index is 2.16. The lowest BCUT2D eigenvalue weighted by atomic mass is 9.74. The van der Waals surface area contributed by atoms with Crippen molar-refractivity contribution >= 4 is 11.9 Å². The monoisotopic (exact) mass is 265 g/mol. The molecule has 0 amide bonds. The van der Waals surface area contributed by atoms with Gasteiger partial charge in [0.25, 0.3) is 0 Å². The van der Waals surface area contributed by atoms with Crippen LogP contribution in [0.15, 0.2) is 12.4 Å². The number of aryl methyl sites for hydroxylation is 1. The maximum Gasteiger partial charge on any atom is 0.309 e. The number of piperidine rings is 1. The molecular formula is C14H23N3O2. The Morgan fingerprint density at radius 1 is 1.58 bits per heavy atom. The summed E-state index contributed by atoms with van der Waals surface area (Å²) in [4.78, 5) is 18.0. The van der Waals surface area contributed by atoms with Gasteiger partial charge < -0.3 is 14.6 Å². The summed E-state index contributed by atoms with van der Waals surface area (Å²) < 4.78 is 2.11. The number of aromatic nitrogens is 2. The van der Waals surface area contributed by atoms with Crippen LogP contribution in [0.4, 0.5) is 5.95 Å². The molecular weight excluding hydrogens is 242 g/mol. The Morgan fingerprint density at radius 3 is 2.95 bits per heavy atom. The number of aliphatic carboxylic acids is 1. The summed E-state index contributed by atoms with van der Waals surface area (Å²) in [6.45, 7) is 8.37. The number of carboxylic acid groups (broad SMARTS) is 1. The smallest absolute Gasteiger partial charge is 0.309 e. The van der Waals surface area contributed by atoms with Crippen molar-refractivity contribution < 1.29 is 9.90 Å². The van der Waals surface area contributed by atoms with E-state index in [1.807, 2.05) is 26.2 Å². The molecule has 106 valence electrons. The average Bonchev–Trinajstić information content (AvgIpc) is 2.87. The number of hydrogen-bond acceptors (Lipinski definition) is 3. The lowest BCUT2D eigenvalue weighted by molar-refractivity contribution is -0.150. The summed E-state index contributed by atoms with van der Waals surface area (Å²) in [6, 6.07) is 0. The first-order valence-electron chi connectivity index (χ1n) is 6.96. The van der Waals surface area contributed by atoms with Crippen LogP contribution in [-0.2, 0) is 11.3 Å². The van der Waals surface area contributed by atoms with Gasteiger partial charge in [-0.05, 0) is 39.5 Å². The SMILES string of the molecule is CCn1ccnc1N1CCCC(C(C)(C)C(=O)O)C1. The first kappa shape index (κ1) is 13.9.